The minimum atomic E-state index is -0.771. The van der Waals surface area contributed by atoms with E-state index in [1.807, 2.05) is 6.07 Å². The van der Waals surface area contributed by atoms with Crippen molar-refractivity contribution in [3.8, 4) is 5.69 Å². The van der Waals surface area contributed by atoms with Gasteiger partial charge in [0.25, 0.3) is 5.56 Å². The minimum Gasteiger partial charge on any atom is -0.465 e. The van der Waals surface area contributed by atoms with Crippen molar-refractivity contribution in [1.29, 1.82) is 0 Å². The Morgan fingerprint density at radius 1 is 1.03 bits per heavy atom. The number of para-hydroxylation sites is 2. The molecule has 1 amide bonds. The second-order valence-electron chi connectivity index (χ2n) is 8.69. The molecule has 182 valence electrons. The lowest BCUT2D eigenvalue weighted by molar-refractivity contribution is -0.119. The number of amides is 1. The molecule has 9 nitrogen and oxygen atoms in total. The maximum Gasteiger partial charge on any atom is 0.338 e. The van der Waals surface area contributed by atoms with E-state index in [0.717, 1.165) is 17.4 Å². The van der Waals surface area contributed by atoms with Gasteiger partial charge >= 0.3 is 11.7 Å². The number of aromatic nitrogens is 3. The van der Waals surface area contributed by atoms with Crippen LogP contribution in [-0.2, 0) is 16.1 Å². The van der Waals surface area contributed by atoms with E-state index in [1.54, 1.807) is 67.7 Å². The van der Waals surface area contributed by atoms with Crippen LogP contribution in [0.5, 0.6) is 0 Å². The number of hydrogen-bond acceptors (Lipinski definition) is 6. The summed E-state index contributed by atoms with van der Waals surface area (Å²) in [4.78, 5) is 59.4. The summed E-state index contributed by atoms with van der Waals surface area (Å²) in [5.74, 6) is -1.03. The molecular formula is C27H24N4O5. The molecule has 4 aromatic rings. The van der Waals surface area contributed by atoms with Gasteiger partial charge in [0.05, 0.1) is 23.7 Å². The maximum absolute atomic E-state index is 13.7. The van der Waals surface area contributed by atoms with E-state index in [-0.39, 0.29) is 22.5 Å². The van der Waals surface area contributed by atoms with Crippen LogP contribution in [0.15, 0.2) is 76.3 Å². The fraction of sp³-hybridized carbons (Fsp3) is 0.222. The first-order valence-electron chi connectivity index (χ1n) is 11.6. The van der Waals surface area contributed by atoms with Gasteiger partial charge in [-0.05, 0) is 43.2 Å². The van der Waals surface area contributed by atoms with Crippen molar-refractivity contribution in [2.45, 2.75) is 25.3 Å². The number of fused-ring (bicyclic) bond motifs is 1. The molecule has 2 aromatic carbocycles. The zero-order valence-electron chi connectivity index (χ0n) is 19.9. The van der Waals surface area contributed by atoms with Crippen molar-refractivity contribution >= 4 is 28.6 Å². The van der Waals surface area contributed by atoms with E-state index in [0.29, 0.717) is 17.1 Å². The second-order valence-corrected chi connectivity index (χ2v) is 8.69. The second kappa shape index (κ2) is 9.26. The van der Waals surface area contributed by atoms with Gasteiger partial charge in [-0.2, -0.15) is 0 Å². The van der Waals surface area contributed by atoms with Gasteiger partial charge in [-0.3, -0.25) is 9.59 Å². The molecule has 5 rings (SSSR count). The first-order chi connectivity index (χ1) is 17.4. The van der Waals surface area contributed by atoms with Crippen LogP contribution in [0.3, 0.4) is 0 Å². The molecule has 0 unspecified atom stereocenters. The third-order valence-corrected chi connectivity index (χ3v) is 6.34. The smallest absolute Gasteiger partial charge is 0.338 e. The van der Waals surface area contributed by atoms with Crippen LogP contribution in [-0.4, -0.2) is 40.2 Å². The number of anilines is 1. The van der Waals surface area contributed by atoms with Crippen molar-refractivity contribution in [2.75, 3.05) is 19.1 Å². The molecule has 1 saturated carbocycles. The van der Waals surface area contributed by atoms with E-state index >= 15 is 0 Å². The number of rotatable bonds is 6. The highest BCUT2D eigenvalue weighted by Crippen LogP contribution is 2.40. The average molecular weight is 485 g/mol. The standard InChI is InChI=1S/C27H24N4O5/c1-29(18-9-5-3-6-10-18)22(32)16-30-25(33)23-20(26(34)36-2)15-21(17-13-14-17)28-24(23)31(27(30)35)19-11-7-4-8-12-19/h3-12,15,17H,13-14,16H2,1-2H3. The Labute approximate surface area is 206 Å². The van der Waals surface area contributed by atoms with E-state index < -0.39 is 29.7 Å². The molecule has 0 aliphatic heterocycles. The third-order valence-electron chi connectivity index (χ3n) is 6.34. The number of methoxy groups -OCH3 is 1. The molecule has 1 aliphatic carbocycles. The van der Waals surface area contributed by atoms with E-state index in [2.05, 4.69) is 4.98 Å². The molecule has 0 saturated heterocycles. The van der Waals surface area contributed by atoms with Crippen LogP contribution in [0, 0.1) is 0 Å². The normalized spacial score (nSPS) is 12.9. The van der Waals surface area contributed by atoms with Crippen LogP contribution in [0.4, 0.5) is 5.69 Å². The molecule has 2 heterocycles. The summed E-state index contributed by atoms with van der Waals surface area (Å²) in [5.41, 5.74) is 0.311. The highest BCUT2D eigenvalue weighted by atomic mass is 16.5. The quantitative estimate of drug-likeness (QED) is 0.390. The lowest BCUT2D eigenvalue weighted by Crippen LogP contribution is -2.44. The summed E-state index contributed by atoms with van der Waals surface area (Å²) in [6, 6.07) is 19.2. The Bertz CT molecular complexity index is 1590. The van der Waals surface area contributed by atoms with Gasteiger partial charge in [-0.1, -0.05) is 36.4 Å². The van der Waals surface area contributed by atoms with E-state index in [4.69, 9.17) is 4.74 Å². The summed E-state index contributed by atoms with van der Waals surface area (Å²) in [5, 5.41) is -0.0649. The summed E-state index contributed by atoms with van der Waals surface area (Å²) in [6.45, 7) is -0.517. The fourth-order valence-electron chi connectivity index (χ4n) is 4.20. The number of nitrogens with zero attached hydrogens (tertiary/aromatic N) is 4. The lowest BCUT2D eigenvalue weighted by Gasteiger charge is -2.19. The summed E-state index contributed by atoms with van der Waals surface area (Å²) in [6.07, 6.45) is 1.82. The highest BCUT2D eigenvalue weighted by Gasteiger charge is 2.30. The first-order valence-corrected chi connectivity index (χ1v) is 11.6. The molecule has 1 aliphatic rings. The van der Waals surface area contributed by atoms with Crippen LogP contribution in [0.25, 0.3) is 16.7 Å². The van der Waals surface area contributed by atoms with Gasteiger partial charge in [-0.15, -0.1) is 0 Å². The number of pyridine rings is 1. The topological polar surface area (TPSA) is 104 Å². The number of carbonyl (C=O) groups is 2. The molecule has 0 spiro atoms. The van der Waals surface area contributed by atoms with Crippen molar-refractivity contribution in [1.82, 2.24) is 14.1 Å². The molecule has 1 fully saturated rings. The van der Waals surface area contributed by atoms with Crippen molar-refractivity contribution in [2.24, 2.45) is 0 Å². The molecule has 0 radical (unpaired) electrons. The summed E-state index contributed by atoms with van der Waals surface area (Å²) in [7, 11) is 2.80. The maximum atomic E-state index is 13.7. The molecule has 0 bridgehead atoms. The Balaban J connectivity index is 1.77. The van der Waals surface area contributed by atoms with Gasteiger partial charge < -0.3 is 9.64 Å². The predicted octanol–water partition coefficient (Wildman–Crippen LogP) is 2.87. The molecule has 0 atom stereocenters. The van der Waals surface area contributed by atoms with Crippen molar-refractivity contribution in [3.63, 3.8) is 0 Å². The number of likely N-dealkylation sites (N-methyl/N-ethyl adjacent to an activating group) is 1. The first kappa shape index (κ1) is 23.2. The Kier molecular flexibility index (Phi) is 5.97. The highest BCUT2D eigenvalue weighted by molar-refractivity contribution is 6.03. The zero-order chi connectivity index (χ0) is 25.4. The van der Waals surface area contributed by atoms with E-state index in [1.165, 1.54) is 16.6 Å². The van der Waals surface area contributed by atoms with Crippen molar-refractivity contribution in [3.05, 3.63) is 98.8 Å². The van der Waals surface area contributed by atoms with Gasteiger partial charge in [0.2, 0.25) is 5.91 Å². The number of benzene rings is 2. The van der Waals surface area contributed by atoms with Crippen LogP contribution in [0.2, 0.25) is 0 Å². The summed E-state index contributed by atoms with van der Waals surface area (Å²) < 4.78 is 7.10. The largest absolute Gasteiger partial charge is 0.465 e. The Morgan fingerprint density at radius 2 is 1.67 bits per heavy atom. The average Bonchev–Trinajstić information content (AvgIpc) is 3.76. The summed E-state index contributed by atoms with van der Waals surface area (Å²) >= 11 is 0. The minimum absolute atomic E-state index is 0.0247. The van der Waals surface area contributed by atoms with E-state index in [9.17, 15) is 19.2 Å². The predicted molar refractivity (Wildman–Crippen MR) is 135 cm³/mol. The van der Waals surface area contributed by atoms with Crippen molar-refractivity contribution < 1.29 is 14.3 Å². The molecule has 36 heavy (non-hydrogen) atoms. The van der Waals surface area contributed by atoms with Crippen LogP contribution in [0.1, 0.15) is 34.8 Å². The molecule has 9 heteroatoms. The lowest BCUT2D eigenvalue weighted by atomic mass is 10.1. The van der Waals surface area contributed by atoms with Crippen LogP contribution < -0.4 is 16.1 Å². The molecule has 2 aromatic heterocycles. The van der Waals surface area contributed by atoms with Crippen LogP contribution >= 0.6 is 0 Å². The van der Waals surface area contributed by atoms with Gasteiger partial charge in [-0.25, -0.2) is 23.7 Å². The SMILES string of the molecule is COC(=O)c1cc(C2CC2)nc2c1c(=O)n(CC(=O)N(C)c1ccccc1)c(=O)n2-c1ccccc1. The zero-order valence-corrected chi connectivity index (χ0v) is 19.9. The number of carbonyl (C=O) groups excluding carboxylic acids is 2. The Morgan fingerprint density at radius 3 is 2.28 bits per heavy atom. The fourth-order valence-corrected chi connectivity index (χ4v) is 4.20. The van der Waals surface area contributed by atoms with Gasteiger partial charge in [0.15, 0.2) is 5.65 Å². The number of ether oxygens (including phenoxy) is 1. The van der Waals surface area contributed by atoms with Gasteiger partial charge in [0.1, 0.15) is 6.54 Å². The monoisotopic (exact) mass is 484 g/mol. The number of hydrogen-bond donors (Lipinski definition) is 0. The third kappa shape index (κ3) is 4.08. The number of esters is 1. The molecule has 0 N–H and O–H groups in total. The molecular weight excluding hydrogens is 460 g/mol. The van der Waals surface area contributed by atoms with Gasteiger partial charge in [0, 0.05) is 24.3 Å². The Hall–Kier alpha value is -4.53.